The monoisotopic (exact) mass is 294 g/mol. The lowest BCUT2D eigenvalue weighted by Crippen LogP contribution is -2.49. The van der Waals surface area contributed by atoms with E-state index in [1.165, 1.54) is 11.1 Å². The number of piperidine rings is 1. The Balaban J connectivity index is 0.00000147. The molecule has 0 saturated carbocycles. The lowest BCUT2D eigenvalue weighted by atomic mass is 9.81. The molecule has 1 aliphatic carbocycles. The average Bonchev–Trinajstić information content (AvgIpc) is 2.83. The summed E-state index contributed by atoms with van der Waals surface area (Å²) in [5.74, 6) is 0.210. The Morgan fingerprint density at radius 2 is 2.20 bits per heavy atom. The fraction of sp³-hybridized carbons (Fsp3) is 0.562. The first-order valence-corrected chi connectivity index (χ1v) is 7.28. The quantitative estimate of drug-likeness (QED) is 0.880. The number of hydrogen-bond acceptors (Lipinski definition) is 2. The van der Waals surface area contributed by atoms with Gasteiger partial charge in [0.2, 0.25) is 5.91 Å². The first-order chi connectivity index (χ1) is 9.19. The Bertz CT molecular complexity index is 483. The molecule has 4 heteroatoms. The third-order valence-electron chi connectivity index (χ3n) is 4.58. The smallest absolute Gasteiger partial charge is 0.227 e. The summed E-state index contributed by atoms with van der Waals surface area (Å²) in [6.07, 6.45) is 4.19. The second-order valence-electron chi connectivity index (χ2n) is 6.10. The van der Waals surface area contributed by atoms with Crippen molar-refractivity contribution < 1.29 is 4.79 Å². The van der Waals surface area contributed by atoms with E-state index in [0.717, 1.165) is 38.8 Å². The predicted octanol–water partition coefficient (Wildman–Crippen LogP) is 2.60. The number of amides is 1. The molecule has 110 valence electrons. The molecule has 1 amide bonds. The number of hydrogen-bond donors (Lipinski definition) is 2. The molecule has 2 N–H and O–H groups in total. The molecular formula is C16H23ClN2O. The van der Waals surface area contributed by atoms with E-state index in [9.17, 15) is 4.79 Å². The molecule has 20 heavy (non-hydrogen) atoms. The van der Waals surface area contributed by atoms with Gasteiger partial charge in [0.05, 0.1) is 11.5 Å². The third kappa shape index (κ3) is 2.84. The van der Waals surface area contributed by atoms with Crippen molar-refractivity contribution in [3.05, 3.63) is 35.4 Å². The van der Waals surface area contributed by atoms with Crippen LogP contribution in [0.4, 0.5) is 0 Å². The molecule has 3 rings (SSSR count). The van der Waals surface area contributed by atoms with Crippen molar-refractivity contribution >= 4 is 18.3 Å². The van der Waals surface area contributed by atoms with Crippen molar-refractivity contribution in [2.24, 2.45) is 5.41 Å². The number of aryl methyl sites for hydroxylation is 1. The van der Waals surface area contributed by atoms with Crippen molar-refractivity contribution in [1.82, 2.24) is 10.6 Å². The molecule has 0 spiro atoms. The molecule has 1 aliphatic heterocycles. The van der Waals surface area contributed by atoms with E-state index in [-0.39, 0.29) is 29.8 Å². The lowest BCUT2D eigenvalue weighted by Gasteiger charge is -2.33. The SMILES string of the molecule is CC1(C(=O)NC2CCc3ccccc32)CCCNC1.Cl. The summed E-state index contributed by atoms with van der Waals surface area (Å²) in [4.78, 5) is 12.5. The van der Waals surface area contributed by atoms with E-state index >= 15 is 0 Å². The van der Waals surface area contributed by atoms with E-state index < -0.39 is 0 Å². The van der Waals surface area contributed by atoms with Gasteiger partial charge in [-0.25, -0.2) is 0 Å². The van der Waals surface area contributed by atoms with Crippen LogP contribution in [0.5, 0.6) is 0 Å². The molecular weight excluding hydrogens is 272 g/mol. The van der Waals surface area contributed by atoms with Gasteiger partial charge < -0.3 is 10.6 Å². The summed E-state index contributed by atoms with van der Waals surface area (Å²) in [5, 5.41) is 6.61. The number of benzene rings is 1. The summed E-state index contributed by atoms with van der Waals surface area (Å²) in [6.45, 7) is 3.91. The van der Waals surface area contributed by atoms with Crippen molar-refractivity contribution in [3.63, 3.8) is 0 Å². The summed E-state index contributed by atoms with van der Waals surface area (Å²) in [7, 11) is 0. The van der Waals surface area contributed by atoms with Crippen LogP contribution < -0.4 is 10.6 Å². The molecule has 0 radical (unpaired) electrons. The molecule has 2 unspecified atom stereocenters. The van der Waals surface area contributed by atoms with E-state index in [0.29, 0.717) is 0 Å². The number of carbonyl (C=O) groups is 1. The molecule has 1 aromatic rings. The van der Waals surface area contributed by atoms with Crippen LogP contribution in [0.15, 0.2) is 24.3 Å². The Morgan fingerprint density at radius 1 is 1.40 bits per heavy atom. The normalized spacial score (nSPS) is 28.4. The molecule has 3 nitrogen and oxygen atoms in total. The molecule has 2 aliphatic rings. The standard InChI is InChI=1S/C16H22N2O.ClH/c1-16(9-4-10-17-11-16)15(19)18-14-8-7-12-5-2-3-6-13(12)14;/h2-3,5-6,14,17H,4,7-11H2,1H3,(H,18,19);1H. The second kappa shape index (κ2) is 6.15. The second-order valence-corrected chi connectivity index (χ2v) is 6.10. The average molecular weight is 295 g/mol. The molecule has 1 fully saturated rings. The van der Waals surface area contributed by atoms with Gasteiger partial charge in [0.25, 0.3) is 0 Å². The first kappa shape index (κ1) is 15.3. The van der Waals surface area contributed by atoms with Crippen LogP contribution in [0.2, 0.25) is 0 Å². The van der Waals surface area contributed by atoms with Gasteiger partial charge in [-0.2, -0.15) is 0 Å². The van der Waals surface area contributed by atoms with Crippen LogP contribution in [0, 0.1) is 5.41 Å². The van der Waals surface area contributed by atoms with E-state index in [1.54, 1.807) is 0 Å². The maximum atomic E-state index is 12.5. The molecule has 1 saturated heterocycles. The van der Waals surface area contributed by atoms with Crippen molar-refractivity contribution in [2.45, 2.75) is 38.6 Å². The van der Waals surface area contributed by atoms with Crippen molar-refractivity contribution in [2.75, 3.05) is 13.1 Å². The highest BCUT2D eigenvalue weighted by atomic mass is 35.5. The van der Waals surface area contributed by atoms with Crippen LogP contribution in [-0.4, -0.2) is 19.0 Å². The van der Waals surface area contributed by atoms with Crippen molar-refractivity contribution in [3.8, 4) is 0 Å². The topological polar surface area (TPSA) is 41.1 Å². The number of halogens is 1. The van der Waals surface area contributed by atoms with Crippen LogP contribution in [0.25, 0.3) is 0 Å². The van der Waals surface area contributed by atoms with Crippen molar-refractivity contribution in [1.29, 1.82) is 0 Å². The van der Waals surface area contributed by atoms with Crippen LogP contribution in [-0.2, 0) is 11.2 Å². The number of carbonyl (C=O) groups excluding carboxylic acids is 1. The fourth-order valence-electron chi connectivity index (χ4n) is 3.29. The van der Waals surface area contributed by atoms with Crippen LogP contribution in [0.3, 0.4) is 0 Å². The maximum absolute atomic E-state index is 12.5. The van der Waals surface area contributed by atoms with Gasteiger partial charge in [-0.1, -0.05) is 24.3 Å². The summed E-state index contributed by atoms with van der Waals surface area (Å²) < 4.78 is 0. The molecule has 1 heterocycles. The van der Waals surface area contributed by atoms with Gasteiger partial charge in [-0.15, -0.1) is 12.4 Å². The van der Waals surface area contributed by atoms with Gasteiger partial charge in [-0.3, -0.25) is 4.79 Å². The predicted molar refractivity (Wildman–Crippen MR) is 83.1 cm³/mol. The Labute approximate surface area is 126 Å². The number of fused-ring (bicyclic) bond motifs is 1. The van der Waals surface area contributed by atoms with E-state index in [1.807, 2.05) is 0 Å². The highest BCUT2D eigenvalue weighted by Crippen LogP contribution is 2.33. The third-order valence-corrected chi connectivity index (χ3v) is 4.58. The van der Waals surface area contributed by atoms with Crippen LogP contribution >= 0.6 is 12.4 Å². The number of nitrogens with one attached hydrogen (secondary N) is 2. The Morgan fingerprint density at radius 3 is 2.95 bits per heavy atom. The Kier molecular flexibility index (Phi) is 4.71. The zero-order valence-corrected chi connectivity index (χ0v) is 12.8. The molecule has 2 atom stereocenters. The van der Waals surface area contributed by atoms with Crippen LogP contribution in [0.1, 0.15) is 43.4 Å². The molecule has 0 bridgehead atoms. The van der Waals surface area contributed by atoms with E-state index in [2.05, 4.69) is 41.8 Å². The first-order valence-electron chi connectivity index (χ1n) is 7.28. The zero-order chi connectivity index (χ0) is 13.3. The maximum Gasteiger partial charge on any atom is 0.227 e. The number of rotatable bonds is 2. The van der Waals surface area contributed by atoms with Gasteiger partial charge in [0.15, 0.2) is 0 Å². The molecule has 1 aromatic carbocycles. The van der Waals surface area contributed by atoms with Gasteiger partial charge in [-0.05, 0) is 50.3 Å². The Hall–Kier alpha value is -1.06. The lowest BCUT2D eigenvalue weighted by molar-refractivity contribution is -0.131. The van der Waals surface area contributed by atoms with Gasteiger partial charge in [0.1, 0.15) is 0 Å². The fourth-order valence-corrected chi connectivity index (χ4v) is 3.29. The van der Waals surface area contributed by atoms with Gasteiger partial charge >= 0.3 is 0 Å². The highest BCUT2D eigenvalue weighted by Gasteiger charge is 2.36. The largest absolute Gasteiger partial charge is 0.349 e. The minimum absolute atomic E-state index is 0. The minimum Gasteiger partial charge on any atom is -0.349 e. The summed E-state index contributed by atoms with van der Waals surface area (Å²) in [5.41, 5.74) is 2.46. The highest BCUT2D eigenvalue weighted by molar-refractivity contribution is 5.85. The molecule has 0 aromatic heterocycles. The summed E-state index contributed by atoms with van der Waals surface area (Å²) >= 11 is 0. The summed E-state index contributed by atoms with van der Waals surface area (Å²) in [6, 6.07) is 8.67. The van der Waals surface area contributed by atoms with E-state index in [4.69, 9.17) is 0 Å². The zero-order valence-electron chi connectivity index (χ0n) is 11.9. The minimum atomic E-state index is -0.240. The van der Waals surface area contributed by atoms with Gasteiger partial charge in [0, 0.05) is 6.54 Å².